The first-order valence-electron chi connectivity index (χ1n) is 6.46. The monoisotopic (exact) mass is 385 g/mol. The number of amides is 1. The van der Waals surface area contributed by atoms with Crippen LogP contribution in [0.25, 0.3) is 0 Å². The van der Waals surface area contributed by atoms with Crippen LogP contribution in [0.4, 0.5) is 36.4 Å². The van der Waals surface area contributed by atoms with Gasteiger partial charge in [-0.1, -0.05) is 23.7 Å². The number of nitrogens with one attached hydrogen (secondary N) is 1. The van der Waals surface area contributed by atoms with Crippen molar-refractivity contribution >= 4 is 23.2 Å². The number of hydrogen-bond acceptors (Lipinski definition) is 1. The number of alkyl halides is 3. The molecule has 10 heteroatoms. The zero-order valence-corrected chi connectivity index (χ0v) is 12.9. The standard InChI is InChI=1S/C15H7ClF7NO/c1-5-3-2-4-6(16)7(5)14(25)24-13-11(19)9(17)8(15(21,22)23)10(18)12(13)20/h2-4H,1H3,(H,24,25). The largest absolute Gasteiger partial charge is 0.422 e. The molecular formula is C15H7ClF7NO. The number of hydrogen-bond donors (Lipinski definition) is 1. The van der Waals surface area contributed by atoms with Gasteiger partial charge in [0.05, 0.1) is 10.6 Å². The summed E-state index contributed by atoms with van der Waals surface area (Å²) < 4.78 is 92.2. The molecule has 0 unspecified atom stereocenters. The van der Waals surface area contributed by atoms with Gasteiger partial charge in [-0.25, -0.2) is 17.6 Å². The normalized spacial score (nSPS) is 11.6. The van der Waals surface area contributed by atoms with Crippen LogP contribution in [-0.4, -0.2) is 5.91 Å². The third kappa shape index (κ3) is 3.41. The van der Waals surface area contributed by atoms with E-state index in [1.54, 1.807) is 0 Å². The van der Waals surface area contributed by atoms with Crippen LogP contribution in [0.5, 0.6) is 0 Å². The lowest BCUT2D eigenvalue weighted by Crippen LogP contribution is -2.21. The van der Waals surface area contributed by atoms with Gasteiger partial charge in [0.2, 0.25) is 0 Å². The first kappa shape index (κ1) is 19.0. The fourth-order valence-electron chi connectivity index (χ4n) is 2.09. The Morgan fingerprint density at radius 2 is 1.52 bits per heavy atom. The Hall–Kier alpha value is -2.29. The molecule has 1 N–H and O–H groups in total. The smallest absolute Gasteiger partial charge is 0.317 e. The Morgan fingerprint density at radius 3 is 1.96 bits per heavy atom. The second-order valence-corrected chi connectivity index (χ2v) is 5.30. The molecule has 0 fully saturated rings. The molecule has 0 aliphatic carbocycles. The summed E-state index contributed by atoms with van der Waals surface area (Å²) in [5.74, 6) is -11.4. The summed E-state index contributed by atoms with van der Waals surface area (Å²) in [6.07, 6.45) is -5.67. The van der Waals surface area contributed by atoms with Crippen molar-refractivity contribution in [1.29, 1.82) is 0 Å². The van der Waals surface area contributed by atoms with Gasteiger partial charge < -0.3 is 5.32 Å². The van der Waals surface area contributed by atoms with Crippen LogP contribution in [0.15, 0.2) is 18.2 Å². The molecule has 0 aliphatic heterocycles. The van der Waals surface area contributed by atoms with Gasteiger partial charge in [0, 0.05) is 0 Å². The summed E-state index contributed by atoms with van der Waals surface area (Å²) in [5.41, 5.74) is -4.41. The number of anilines is 1. The van der Waals surface area contributed by atoms with Crippen LogP contribution in [0.2, 0.25) is 5.02 Å². The highest BCUT2D eigenvalue weighted by Crippen LogP contribution is 2.38. The highest BCUT2D eigenvalue weighted by molar-refractivity contribution is 6.34. The molecule has 134 valence electrons. The molecule has 1 amide bonds. The average molecular weight is 386 g/mol. The first-order chi connectivity index (χ1) is 11.5. The zero-order chi connectivity index (χ0) is 19.1. The zero-order valence-electron chi connectivity index (χ0n) is 12.2. The Labute approximate surface area is 141 Å². The van der Waals surface area contributed by atoms with Crippen molar-refractivity contribution in [2.75, 3.05) is 5.32 Å². The molecule has 2 nitrogen and oxygen atoms in total. The predicted octanol–water partition coefficient (Wildman–Crippen LogP) is 5.48. The molecule has 2 aromatic carbocycles. The van der Waals surface area contributed by atoms with Crippen LogP contribution < -0.4 is 5.32 Å². The van der Waals surface area contributed by atoms with Crippen molar-refractivity contribution in [2.45, 2.75) is 13.1 Å². The number of carbonyl (C=O) groups excluding carboxylic acids is 1. The highest BCUT2D eigenvalue weighted by Gasteiger charge is 2.42. The molecule has 0 saturated carbocycles. The van der Waals surface area contributed by atoms with E-state index in [4.69, 9.17) is 11.6 Å². The fourth-order valence-corrected chi connectivity index (χ4v) is 2.39. The van der Waals surface area contributed by atoms with Crippen LogP contribution >= 0.6 is 11.6 Å². The number of benzene rings is 2. The van der Waals surface area contributed by atoms with Crippen LogP contribution in [0.1, 0.15) is 21.5 Å². The summed E-state index contributed by atoms with van der Waals surface area (Å²) in [5, 5.41) is 1.38. The summed E-state index contributed by atoms with van der Waals surface area (Å²) in [6.45, 7) is 1.42. The summed E-state index contributed by atoms with van der Waals surface area (Å²) >= 11 is 5.77. The van der Waals surface area contributed by atoms with Gasteiger partial charge in [-0.3, -0.25) is 4.79 Å². The third-order valence-electron chi connectivity index (χ3n) is 3.23. The number of rotatable bonds is 2. The first-order valence-corrected chi connectivity index (χ1v) is 6.84. The molecular weight excluding hydrogens is 379 g/mol. The Morgan fingerprint density at radius 1 is 1.00 bits per heavy atom. The number of carbonyl (C=O) groups is 1. The minimum absolute atomic E-state index is 0.133. The van der Waals surface area contributed by atoms with Crippen molar-refractivity contribution in [2.24, 2.45) is 0 Å². The van der Waals surface area contributed by atoms with E-state index in [0.717, 1.165) is 0 Å². The maximum Gasteiger partial charge on any atom is 0.422 e. The second kappa shape index (κ2) is 6.55. The third-order valence-corrected chi connectivity index (χ3v) is 3.55. The molecule has 0 saturated heterocycles. The van der Waals surface area contributed by atoms with E-state index in [1.165, 1.54) is 30.4 Å². The summed E-state index contributed by atoms with van der Waals surface area (Å²) in [6, 6.07) is 4.15. The van der Waals surface area contributed by atoms with Crippen LogP contribution in [-0.2, 0) is 6.18 Å². The molecule has 0 aliphatic rings. The summed E-state index contributed by atoms with van der Waals surface area (Å²) in [4.78, 5) is 12.1. The Balaban J connectivity index is 2.57. The maximum atomic E-state index is 13.8. The summed E-state index contributed by atoms with van der Waals surface area (Å²) in [7, 11) is 0. The SMILES string of the molecule is Cc1cccc(Cl)c1C(=O)Nc1c(F)c(F)c(C(F)(F)F)c(F)c1F. The van der Waals surface area contributed by atoms with Crippen molar-refractivity contribution in [3.05, 3.63) is 63.2 Å². The van der Waals surface area contributed by atoms with Gasteiger partial charge in [0.25, 0.3) is 5.91 Å². The molecule has 2 aromatic rings. The van der Waals surface area contributed by atoms with Crippen molar-refractivity contribution < 1.29 is 35.5 Å². The molecule has 25 heavy (non-hydrogen) atoms. The number of aryl methyl sites for hydroxylation is 1. The van der Waals surface area contributed by atoms with E-state index in [-0.39, 0.29) is 16.1 Å². The van der Waals surface area contributed by atoms with Crippen molar-refractivity contribution in [3.8, 4) is 0 Å². The maximum absolute atomic E-state index is 13.8. The average Bonchev–Trinajstić information content (AvgIpc) is 2.48. The predicted molar refractivity (Wildman–Crippen MR) is 75.4 cm³/mol. The lowest BCUT2D eigenvalue weighted by molar-refractivity contribution is -0.143. The highest BCUT2D eigenvalue weighted by atomic mass is 35.5. The lowest BCUT2D eigenvalue weighted by Gasteiger charge is -2.15. The number of halogens is 8. The van der Waals surface area contributed by atoms with E-state index >= 15 is 0 Å². The molecule has 2 rings (SSSR count). The van der Waals surface area contributed by atoms with Crippen LogP contribution in [0.3, 0.4) is 0 Å². The van der Waals surface area contributed by atoms with Gasteiger partial charge in [0.1, 0.15) is 11.3 Å². The second-order valence-electron chi connectivity index (χ2n) is 4.89. The minimum atomic E-state index is -5.67. The van der Waals surface area contributed by atoms with E-state index < -0.39 is 46.6 Å². The lowest BCUT2D eigenvalue weighted by atomic mass is 10.1. The molecule has 0 bridgehead atoms. The molecule has 0 atom stereocenters. The van der Waals surface area contributed by atoms with Crippen molar-refractivity contribution in [1.82, 2.24) is 0 Å². The minimum Gasteiger partial charge on any atom is -0.317 e. The molecule has 0 radical (unpaired) electrons. The van der Waals surface area contributed by atoms with Gasteiger partial charge >= 0.3 is 6.18 Å². The molecule has 0 heterocycles. The van der Waals surface area contributed by atoms with Crippen molar-refractivity contribution in [3.63, 3.8) is 0 Å². The Bertz CT molecular complexity index is 815. The van der Waals surface area contributed by atoms with E-state index in [2.05, 4.69) is 0 Å². The van der Waals surface area contributed by atoms with E-state index in [0.29, 0.717) is 0 Å². The van der Waals surface area contributed by atoms with Gasteiger partial charge in [0.15, 0.2) is 23.3 Å². The van der Waals surface area contributed by atoms with Crippen LogP contribution in [0, 0.1) is 30.2 Å². The molecule has 0 aromatic heterocycles. The van der Waals surface area contributed by atoms with E-state index in [9.17, 15) is 35.5 Å². The van der Waals surface area contributed by atoms with E-state index in [1.807, 2.05) is 0 Å². The Kier molecular flexibility index (Phi) is 4.99. The fraction of sp³-hybridized carbons (Fsp3) is 0.133. The molecule has 0 spiro atoms. The quantitative estimate of drug-likeness (QED) is 0.538. The topological polar surface area (TPSA) is 29.1 Å². The van der Waals surface area contributed by atoms with Gasteiger partial charge in [-0.15, -0.1) is 0 Å². The van der Waals surface area contributed by atoms with Gasteiger partial charge in [-0.05, 0) is 18.6 Å². The van der Waals surface area contributed by atoms with Gasteiger partial charge in [-0.2, -0.15) is 13.2 Å².